The van der Waals surface area contributed by atoms with Gasteiger partial charge in [-0.3, -0.25) is 4.90 Å². The van der Waals surface area contributed by atoms with Gasteiger partial charge < -0.3 is 9.64 Å². The summed E-state index contributed by atoms with van der Waals surface area (Å²) in [6, 6.07) is 9.02. The Hall–Kier alpha value is -1.62. The molecule has 4 nitrogen and oxygen atoms in total. The lowest BCUT2D eigenvalue weighted by Crippen LogP contribution is -2.45. The maximum Gasteiger partial charge on any atom is 0.410 e. The number of amides is 1. The summed E-state index contributed by atoms with van der Waals surface area (Å²) in [5.41, 5.74) is 0.817. The first-order valence-electron chi connectivity index (χ1n) is 7.61. The molecule has 0 radical (unpaired) electrons. The number of rotatable bonds is 3. The predicted octanol–water partition coefficient (Wildman–Crippen LogP) is 3.08. The number of carbonyl (C=O) groups is 1. The Morgan fingerprint density at radius 1 is 1.32 bits per heavy atom. The highest BCUT2D eigenvalue weighted by molar-refractivity contribution is 5.68. The Bertz CT molecular complexity index is 501. The molecular formula is C17H25FN2O2. The van der Waals surface area contributed by atoms with E-state index in [0.29, 0.717) is 13.1 Å². The molecule has 0 bridgehead atoms. The summed E-state index contributed by atoms with van der Waals surface area (Å²) in [7, 11) is 1.61. The third kappa shape index (κ3) is 3.97. The van der Waals surface area contributed by atoms with Crippen molar-refractivity contribution in [1.82, 2.24) is 9.80 Å². The van der Waals surface area contributed by atoms with Crippen molar-refractivity contribution >= 4 is 6.09 Å². The molecule has 0 aliphatic carbocycles. The molecule has 1 aliphatic heterocycles. The Balaban J connectivity index is 1.90. The van der Waals surface area contributed by atoms with Gasteiger partial charge in [-0.15, -0.1) is 0 Å². The van der Waals surface area contributed by atoms with Gasteiger partial charge in [0.15, 0.2) is 0 Å². The van der Waals surface area contributed by atoms with E-state index in [1.54, 1.807) is 7.05 Å². The Morgan fingerprint density at radius 3 is 2.50 bits per heavy atom. The van der Waals surface area contributed by atoms with Crippen LogP contribution in [-0.2, 0) is 11.3 Å². The summed E-state index contributed by atoms with van der Waals surface area (Å²) in [5.74, 6) is 0. The van der Waals surface area contributed by atoms with Gasteiger partial charge in [-0.05, 0) is 26.3 Å². The molecule has 122 valence electrons. The largest absolute Gasteiger partial charge is 0.445 e. The molecule has 0 spiro atoms. The summed E-state index contributed by atoms with van der Waals surface area (Å²) < 4.78 is 19.5. The average Bonchev–Trinajstić information content (AvgIpc) is 2.87. The van der Waals surface area contributed by atoms with E-state index >= 15 is 0 Å². The van der Waals surface area contributed by atoms with Crippen LogP contribution in [0, 0.1) is 0 Å². The standard InChI is InChI=1S/C17H25FN2O2/c1-17(2,3)20-10-14(18)15(11-20)19(4)16(21)22-12-13-8-6-5-7-9-13/h5-9,14-15H,10-12H2,1-4H3. The van der Waals surface area contributed by atoms with Crippen LogP contribution in [0.25, 0.3) is 0 Å². The first-order valence-corrected chi connectivity index (χ1v) is 7.61. The highest BCUT2D eigenvalue weighted by Crippen LogP contribution is 2.25. The second-order valence-corrected chi connectivity index (χ2v) is 6.81. The molecule has 1 aromatic rings. The normalized spacial score (nSPS) is 22.6. The number of benzene rings is 1. The van der Waals surface area contributed by atoms with Crippen LogP contribution in [0.15, 0.2) is 30.3 Å². The van der Waals surface area contributed by atoms with Crippen LogP contribution < -0.4 is 0 Å². The summed E-state index contributed by atoms with van der Waals surface area (Å²) in [6.07, 6.45) is -1.53. The number of alkyl halides is 1. The molecule has 1 aromatic carbocycles. The van der Waals surface area contributed by atoms with E-state index in [1.807, 2.05) is 30.3 Å². The van der Waals surface area contributed by atoms with Crippen molar-refractivity contribution in [1.29, 1.82) is 0 Å². The van der Waals surface area contributed by atoms with E-state index in [4.69, 9.17) is 4.74 Å². The van der Waals surface area contributed by atoms with Crippen molar-refractivity contribution in [2.24, 2.45) is 0 Å². The Labute approximate surface area is 131 Å². The summed E-state index contributed by atoms with van der Waals surface area (Å²) in [5, 5.41) is 0. The smallest absolute Gasteiger partial charge is 0.410 e. The first kappa shape index (κ1) is 16.7. The number of halogens is 1. The van der Waals surface area contributed by atoms with E-state index in [1.165, 1.54) is 4.90 Å². The lowest BCUT2D eigenvalue weighted by atomic mass is 10.1. The van der Waals surface area contributed by atoms with Crippen LogP contribution in [0.1, 0.15) is 26.3 Å². The van der Waals surface area contributed by atoms with Crippen molar-refractivity contribution < 1.29 is 13.9 Å². The second-order valence-electron chi connectivity index (χ2n) is 6.81. The molecule has 0 saturated carbocycles. The van der Waals surface area contributed by atoms with Gasteiger partial charge in [0.2, 0.25) is 0 Å². The summed E-state index contributed by atoms with van der Waals surface area (Å²) >= 11 is 0. The molecule has 1 fully saturated rings. The molecule has 1 aliphatic rings. The fourth-order valence-corrected chi connectivity index (χ4v) is 2.62. The zero-order valence-electron chi connectivity index (χ0n) is 13.8. The van der Waals surface area contributed by atoms with Crippen molar-refractivity contribution in [3.63, 3.8) is 0 Å². The molecule has 2 rings (SSSR count). The fourth-order valence-electron chi connectivity index (χ4n) is 2.62. The second kappa shape index (κ2) is 6.65. The number of hydrogen-bond donors (Lipinski definition) is 0. The number of likely N-dealkylation sites (tertiary alicyclic amines) is 1. The van der Waals surface area contributed by atoms with E-state index < -0.39 is 18.3 Å². The number of carbonyl (C=O) groups excluding carboxylic acids is 1. The molecule has 1 heterocycles. The number of nitrogens with zero attached hydrogens (tertiary/aromatic N) is 2. The zero-order valence-corrected chi connectivity index (χ0v) is 13.8. The maximum absolute atomic E-state index is 14.3. The average molecular weight is 308 g/mol. The van der Waals surface area contributed by atoms with Gasteiger partial charge in [-0.2, -0.15) is 0 Å². The SMILES string of the molecule is CN(C(=O)OCc1ccccc1)C1CN(C(C)(C)C)CC1F. The lowest BCUT2D eigenvalue weighted by molar-refractivity contribution is 0.0794. The molecular weight excluding hydrogens is 283 g/mol. The first-order chi connectivity index (χ1) is 10.3. The molecule has 2 atom stereocenters. The topological polar surface area (TPSA) is 32.8 Å². The molecule has 2 unspecified atom stereocenters. The highest BCUT2D eigenvalue weighted by atomic mass is 19.1. The molecule has 1 saturated heterocycles. The van der Waals surface area contributed by atoms with Crippen LogP contribution >= 0.6 is 0 Å². The monoisotopic (exact) mass is 308 g/mol. The lowest BCUT2D eigenvalue weighted by Gasteiger charge is -2.32. The van der Waals surface area contributed by atoms with Gasteiger partial charge >= 0.3 is 6.09 Å². The molecule has 5 heteroatoms. The van der Waals surface area contributed by atoms with Gasteiger partial charge in [0.25, 0.3) is 0 Å². The van der Waals surface area contributed by atoms with Crippen molar-refractivity contribution in [3.05, 3.63) is 35.9 Å². The molecule has 0 N–H and O–H groups in total. The van der Waals surface area contributed by atoms with E-state index in [-0.39, 0.29) is 12.1 Å². The van der Waals surface area contributed by atoms with E-state index in [9.17, 15) is 9.18 Å². The van der Waals surface area contributed by atoms with Crippen LogP contribution in [0.3, 0.4) is 0 Å². The van der Waals surface area contributed by atoms with Gasteiger partial charge in [-0.1, -0.05) is 30.3 Å². The van der Waals surface area contributed by atoms with Gasteiger partial charge in [0.05, 0.1) is 6.04 Å². The molecule has 0 aromatic heterocycles. The van der Waals surface area contributed by atoms with Gasteiger partial charge in [0.1, 0.15) is 12.8 Å². The van der Waals surface area contributed by atoms with E-state index in [0.717, 1.165) is 5.56 Å². The minimum atomic E-state index is -1.05. The van der Waals surface area contributed by atoms with Crippen LogP contribution in [-0.4, -0.2) is 53.8 Å². The predicted molar refractivity (Wildman–Crippen MR) is 84.4 cm³/mol. The van der Waals surface area contributed by atoms with Crippen molar-refractivity contribution in [3.8, 4) is 0 Å². The minimum absolute atomic E-state index is 0.103. The molecule has 1 amide bonds. The number of hydrogen-bond acceptors (Lipinski definition) is 3. The van der Waals surface area contributed by atoms with Gasteiger partial charge in [0, 0.05) is 25.7 Å². The Kier molecular flexibility index (Phi) is 5.06. The third-order valence-corrected chi connectivity index (χ3v) is 4.16. The van der Waals surface area contributed by atoms with Crippen LogP contribution in [0.4, 0.5) is 9.18 Å². The van der Waals surface area contributed by atoms with Crippen molar-refractivity contribution in [2.75, 3.05) is 20.1 Å². The van der Waals surface area contributed by atoms with Gasteiger partial charge in [-0.25, -0.2) is 9.18 Å². The van der Waals surface area contributed by atoms with Crippen LogP contribution in [0.2, 0.25) is 0 Å². The van der Waals surface area contributed by atoms with Crippen molar-refractivity contribution in [2.45, 2.75) is 45.1 Å². The van der Waals surface area contributed by atoms with E-state index in [2.05, 4.69) is 25.7 Å². The number of ether oxygens (including phenoxy) is 1. The zero-order chi connectivity index (χ0) is 16.3. The molecule has 22 heavy (non-hydrogen) atoms. The Morgan fingerprint density at radius 2 is 1.95 bits per heavy atom. The third-order valence-electron chi connectivity index (χ3n) is 4.16. The van der Waals surface area contributed by atoms with Crippen LogP contribution in [0.5, 0.6) is 0 Å². The number of likely N-dealkylation sites (N-methyl/N-ethyl adjacent to an activating group) is 1. The summed E-state index contributed by atoms with van der Waals surface area (Å²) in [4.78, 5) is 15.6. The highest BCUT2D eigenvalue weighted by Gasteiger charge is 2.41. The maximum atomic E-state index is 14.3. The quantitative estimate of drug-likeness (QED) is 0.860. The fraction of sp³-hybridized carbons (Fsp3) is 0.588. The summed E-state index contributed by atoms with van der Waals surface area (Å²) in [6.45, 7) is 7.24. The minimum Gasteiger partial charge on any atom is -0.445 e.